The van der Waals surface area contributed by atoms with Gasteiger partial charge in [0, 0.05) is 25.1 Å². The van der Waals surface area contributed by atoms with Crippen LogP contribution in [0.2, 0.25) is 0 Å². The average Bonchev–Trinajstić information content (AvgIpc) is 2.67. The summed E-state index contributed by atoms with van der Waals surface area (Å²) in [5.41, 5.74) is 2.13. The second-order valence-corrected chi connectivity index (χ2v) is 3.75. The summed E-state index contributed by atoms with van der Waals surface area (Å²) >= 11 is 1.42. The van der Waals surface area contributed by atoms with Crippen molar-refractivity contribution in [1.29, 1.82) is 0 Å². The van der Waals surface area contributed by atoms with Gasteiger partial charge in [0.2, 0.25) is 0 Å². The second kappa shape index (κ2) is 5.72. The van der Waals surface area contributed by atoms with Gasteiger partial charge < -0.3 is 10.1 Å². The number of hydrogen-bond acceptors (Lipinski definition) is 4. The van der Waals surface area contributed by atoms with E-state index in [2.05, 4.69) is 10.3 Å². The summed E-state index contributed by atoms with van der Waals surface area (Å²) < 4.78 is 4.92. The van der Waals surface area contributed by atoms with E-state index in [-0.39, 0.29) is 11.9 Å². The van der Waals surface area contributed by atoms with E-state index in [0.717, 1.165) is 6.42 Å². The van der Waals surface area contributed by atoms with E-state index in [1.54, 1.807) is 18.0 Å². The molecule has 0 aromatic carbocycles. The van der Waals surface area contributed by atoms with E-state index in [0.29, 0.717) is 12.3 Å². The topological polar surface area (TPSA) is 51.2 Å². The lowest BCUT2D eigenvalue weighted by Crippen LogP contribution is -2.33. The van der Waals surface area contributed by atoms with E-state index in [1.807, 2.05) is 6.92 Å². The van der Waals surface area contributed by atoms with Crippen molar-refractivity contribution in [3.63, 3.8) is 0 Å². The van der Waals surface area contributed by atoms with Crippen molar-refractivity contribution in [2.45, 2.75) is 19.4 Å². The van der Waals surface area contributed by atoms with Crippen LogP contribution >= 0.6 is 11.3 Å². The van der Waals surface area contributed by atoms with Crippen molar-refractivity contribution >= 4 is 17.2 Å². The monoisotopic (exact) mass is 214 g/mol. The summed E-state index contributed by atoms with van der Waals surface area (Å²) in [5.74, 6) is -0.116. The summed E-state index contributed by atoms with van der Waals surface area (Å²) in [6, 6.07) is 0.115. The van der Waals surface area contributed by atoms with Crippen molar-refractivity contribution in [2.75, 3.05) is 13.7 Å². The van der Waals surface area contributed by atoms with Gasteiger partial charge in [0.1, 0.15) is 5.69 Å². The molecule has 0 aliphatic carbocycles. The molecule has 0 saturated heterocycles. The van der Waals surface area contributed by atoms with Gasteiger partial charge in [-0.05, 0) is 13.3 Å². The third kappa shape index (κ3) is 3.43. The number of hydrogen-bond donors (Lipinski definition) is 1. The first-order valence-corrected chi connectivity index (χ1v) is 5.36. The highest BCUT2D eigenvalue weighted by molar-refractivity contribution is 7.07. The number of nitrogens with zero attached hydrogens (tertiary/aromatic N) is 1. The lowest BCUT2D eigenvalue weighted by atomic mass is 10.2. The minimum atomic E-state index is -0.116. The summed E-state index contributed by atoms with van der Waals surface area (Å²) in [6.07, 6.45) is 0.812. The van der Waals surface area contributed by atoms with Crippen LogP contribution in [-0.2, 0) is 4.74 Å². The van der Waals surface area contributed by atoms with Crippen LogP contribution in [0.1, 0.15) is 23.8 Å². The Balaban J connectivity index is 2.34. The second-order valence-electron chi connectivity index (χ2n) is 3.03. The number of thiazole rings is 1. The lowest BCUT2D eigenvalue weighted by molar-refractivity contribution is 0.0925. The average molecular weight is 214 g/mol. The van der Waals surface area contributed by atoms with Crippen molar-refractivity contribution in [2.24, 2.45) is 0 Å². The lowest BCUT2D eigenvalue weighted by Gasteiger charge is -2.11. The largest absolute Gasteiger partial charge is 0.385 e. The minimum Gasteiger partial charge on any atom is -0.385 e. The molecular weight excluding hydrogens is 200 g/mol. The molecule has 0 bridgehead atoms. The molecule has 5 heteroatoms. The van der Waals surface area contributed by atoms with Crippen LogP contribution in [0, 0.1) is 0 Å². The quantitative estimate of drug-likeness (QED) is 0.803. The van der Waals surface area contributed by atoms with Crippen molar-refractivity contribution in [3.8, 4) is 0 Å². The first-order valence-electron chi connectivity index (χ1n) is 4.42. The SMILES string of the molecule is COCCC(C)NC(=O)c1cscn1. The van der Waals surface area contributed by atoms with E-state index in [4.69, 9.17) is 4.74 Å². The van der Waals surface area contributed by atoms with E-state index < -0.39 is 0 Å². The molecule has 78 valence electrons. The highest BCUT2D eigenvalue weighted by Crippen LogP contribution is 2.01. The molecule has 1 atom stereocenters. The van der Waals surface area contributed by atoms with E-state index >= 15 is 0 Å². The number of nitrogens with one attached hydrogen (secondary N) is 1. The smallest absolute Gasteiger partial charge is 0.270 e. The molecule has 14 heavy (non-hydrogen) atoms. The van der Waals surface area contributed by atoms with Gasteiger partial charge in [-0.1, -0.05) is 0 Å². The Labute approximate surface area is 87.3 Å². The molecule has 1 N–H and O–H groups in total. The van der Waals surface area contributed by atoms with Gasteiger partial charge in [0.05, 0.1) is 5.51 Å². The molecule has 1 unspecified atom stereocenters. The summed E-state index contributed by atoms with van der Waals surface area (Å²) in [4.78, 5) is 15.4. The van der Waals surface area contributed by atoms with Crippen LogP contribution in [0.5, 0.6) is 0 Å². The fraction of sp³-hybridized carbons (Fsp3) is 0.556. The molecule has 1 aromatic heterocycles. The number of carbonyl (C=O) groups excluding carboxylic acids is 1. The predicted octanol–water partition coefficient (Wildman–Crippen LogP) is 1.30. The van der Waals surface area contributed by atoms with Gasteiger partial charge in [-0.2, -0.15) is 0 Å². The molecule has 4 nitrogen and oxygen atoms in total. The van der Waals surface area contributed by atoms with E-state index in [1.165, 1.54) is 11.3 Å². The fourth-order valence-electron chi connectivity index (χ4n) is 0.989. The van der Waals surface area contributed by atoms with Crippen LogP contribution in [0.15, 0.2) is 10.9 Å². The normalized spacial score (nSPS) is 12.4. The number of rotatable bonds is 5. The zero-order valence-corrected chi connectivity index (χ0v) is 9.13. The first kappa shape index (κ1) is 11.1. The van der Waals surface area contributed by atoms with Gasteiger partial charge in [0.15, 0.2) is 0 Å². The molecule has 0 saturated carbocycles. The Bertz CT molecular complexity index is 274. The maximum Gasteiger partial charge on any atom is 0.270 e. The Morgan fingerprint density at radius 3 is 3.14 bits per heavy atom. The first-order chi connectivity index (χ1) is 6.74. The number of amides is 1. The molecule has 1 heterocycles. The summed E-state index contributed by atoms with van der Waals surface area (Å²) in [6.45, 7) is 2.60. The van der Waals surface area contributed by atoms with Crippen molar-refractivity contribution in [3.05, 3.63) is 16.6 Å². The van der Waals surface area contributed by atoms with Gasteiger partial charge in [-0.15, -0.1) is 11.3 Å². The Morgan fingerprint density at radius 2 is 2.57 bits per heavy atom. The van der Waals surface area contributed by atoms with Gasteiger partial charge in [-0.25, -0.2) is 4.98 Å². The standard InChI is InChI=1S/C9H14N2O2S/c1-7(3-4-13-2)11-9(12)8-5-14-6-10-8/h5-7H,3-4H2,1-2H3,(H,11,12). The Morgan fingerprint density at radius 1 is 1.79 bits per heavy atom. The van der Waals surface area contributed by atoms with Crippen LogP contribution in [0.25, 0.3) is 0 Å². The zero-order valence-electron chi connectivity index (χ0n) is 8.32. The third-order valence-electron chi connectivity index (χ3n) is 1.80. The van der Waals surface area contributed by atoms with Crippen LogP contribution in [0.3, 0.4) is 0 Å². The third-order valence-corrected chi connectivity index (χ3v) is 2.38. The maximum absolute atomic E-state index is 11.5. The van der Waals surface area contributed by atoms with Gasteiger partial charge in [-0.3, -0.25) is 4.79 Å². The molecule has 1 rings (SSSR count). The number of carbonyl (C=O) groups is 1. The van der Waals surface area contributed by atoms with Gasteiger partial charge >= 0.3 is 0 Å². The van der Waals surface area contributed by atoms with Gasteiger partial charge in [0.25, 0.3) is 5.91 Å². The van der Waals surface area contributed by atoms with E-state index in [9.17, 15) is 4.79 Å². The molecular formula is C9H14N2O2S. The zero-order chi connectivity index (χ0) is 10.4. The highest BCUT2D eigenvalue weighted by Gasteiger charge is 2.10. The molecule has 0 aliphatic heterocycles. The molecule has 1 amide bonds. The predicted molar refractivity (Wildman–Crippen MR) is 55.5 cm³/mol. The fourth-order valence-corrected chi connectivity index (χ4v) is 1.52. The van der Waals surface area contributed by atoms with Crippen LogP contribution in [-0.4, -0.2) is 30.6 Å². The molecule has 1 aromatic rings. The Hall–Kier alpha value is -0.940. The van der Waals surface area contributed by atoms with Crippen LogP contribution in [0.4, 0.5) is 0 Å². The van der Waals surface area contributed by atoms with Crippen LogP contribution < -0.4 is 5.32 Å². The van der Waals surface area contributed by atoms with Crippen molar-refractivity contribution in [1.82, 2.24) is 10.3 Å². The molecule has 0 radical (unpaired) electrons. The number of methoxy groups -OCH3 is 1. The minimum absolute atomic E-state index is 0.115. The highest BCUT2D eigenvalue weighted by atomic mass is 32.1. The number of aromatic nitrogens is 1. The molecule has 0 spiro atoms. The Kier molecular flexibility index (Phi) is 4.55. The molecule has 0 fully saturated rings. The summed E-state index contributed by atoms with van der Waals surface area (Å²) in [5, 5.41) is 4.58. The molecule has 0 aliphatic rings. The summed E-state index contributed by atoms with van der Waals surface area (Å²) in [7, 11) is 1.65. The number of ether oxygens (including phenoxy) is 1. The maximum atomic E-state index is 11.5. The van der Waals surface area contributed by atoms with Crippen molar-refractivity contribution < 1.29 is 9.53 Å².